The molecule has 2 aromatic heterocycles. The number of rotatable bonds is 7. The highest BCUT2D eigenvalue weighted by Gasteiger charge is 2.27. The maximum Gasteiger partial charge on any atom is 0.352 e. The number of aryl methyl sites for hydroxylation is 2. The molecule has 0 aliphatic heterocycles. The zero-order chi connectivity index (χ0) is 20.3. The fraction of sp³-hybridized carbons (Fsp3) is 0.350. The molecule has 0 amide bonds. The maximum absolute atomic E-state index is 12.5. The monoisotopic (exact) mass is 403 g/mol. The smallest absolute Gasteiger partial charge is 0.352 e. The van der Waals surface area contributed by atoms with Crippen molar-refractivity contribution in [2.24, 2.45) is 0 Å². The van der Waals surface area contributed by atoms with Crippen LogP contribution in [0, 0.1) is 6.92 Å². The highest BCUT2D eigenvalue weighted by atomic mass is 32.1. The van der Waals surface area contributed by atoms with E-state index >= 15 is 0 Å². The number of carboxylic acids is 1. The normalized spacial score (nSPS) is 13.7. The molecule has 0 saturated carbocycles. The largest absolute Gasteiger partial charge is 0.477 e. The first-order chi connectivity index (χ1) is 13.4. The van der Waals surface area contributed by atoms with E-state index < -0.39 is 17.7 Å². The minimum atomic E-state index is -1.31. The molecule has 0 bridgehead atoms. The molecule has 1 aliphatic carbocycles. The first-order valence-corrected chi connectivity index (χ1v) is 9.86. The summed E-state index contributed by atoms with van der Waals surface area (Å²) in [5, 5.41) is 12.7. The minimum Gasteiger partial charge on any atom is -0.477 e. The number of thiophene rings is 1. The Labute approximate surface area is 166 Å². The number of carboxylic acid groups (broad SMARTS) is 1. The van der Waals surface area contributed by atoms with Crippen molar-refractivity contribution in [1.82, 2.24) is 0 Å². The molecule has 8 heteroatoms. The quantitative estimate of drug-likeness (QED) is 0.409. The summed E-state index contributed by atoms with van der Waals surface area (Å²) in [6.45, 7) is 3.63. The van der Waals surface area contributed by atoms with E-state index in [-0.39, 0.29) is 18.1 Å². The molecule has 148 valence electrons. The molecule has 2 heterocycles. The average molecular weight is 403 g/mol. The van der Waals surface area contributed by atoms with Gasteiger partial charge < -0.3 is 19.6 Å². The van der Waals surface area contributed by atoms with Crippen LogP contribution in [0.5, 0.6) is 0 Å². The number of allylic oxidation sites excluding steroid dienone is 1. The number of esters is 1. The molecule has 2 N–H and O–H groups in total. The summed E-state index contributed by atoms with van der Waals surface area (Å²) < 4.78 is 10.4. The Kier molecular flexibility index (Phi) is 5.99. The third-order valence-electron chi connectivity index (χ3n) is 4.39. The van der Waals surface area contributed by atoms with Gasteiger partial charge >= 0.3 is 11.9 Å². The van der Waals surface area contributed by atoms with Gasteiger partial charge in [-0.05, 0) is 57.2 Å². The summed E-state index contributed by atoms with van der Waals surface area (Å²) in [5.74, 6) is -1.76. The molecule has 3 rings (SSSR count). The van der Waals surface area contributed by atoms with Crippen LogP contribution in [-0.2, 0) is 22.4 Å². The van der Waals surface area contributed by atoms with Crippen molar-refractivity contribution in [2.45, 2.75) is 39.5 Å². The van der Waals surface area contributed by atoms with Crippen LogP contribution in [0.3, 0.4) is 0 Å². The Bertz CT molecular complexity index is 952. The first kappa shape index (κ1) is 19.9. The van der Waals surface area contributed by atoms with E-state index in [1.165, 1.54) is 17.4 Å². The average Bonchev–Trinajstić information content (AvgIpc) is 3.24. The summed E-state index contributed by atoms with van der Waals surface area (Å²) in [4.78, 5) is 37.6. The third-order valence-corrected chi connectivity index (χ3v) is 5.60. The van der Waals surface area contributed by atoms with Crippen LogP contribution in [0.4, 0.5) is 5.00 Å². The summed E-state index contributed by atoms with van der Waals surface area (Å²) in [6, 6.07) is 3.11. The van der Waals surface area contributed by atoms with Gasteiger partial charge in [-0.15, -0.1) is 11.3 Å². The number of carbonyl (C=O) groups is 3. The second kappa shape index (κ2) is 8.43. The molecule has 0 unspecified atom stereocenters. The number of ether oxygens (including phenoxy) is 1. The zero-order valence-corrected chi connectivity index (χ0v) is 16.5. The predicted octanol–water partition coefficient (Wildman–Crippen LogP) is 3.97. The van der Waals surface area contributed by atoms with Crippen molar-refractivity contribution >= 4 is 34.1 Å². The zero-order valence-electron chi connectivity index (χ0n) is 15.7. The number of carbonyl (C=O) groups excluding carboxylic acids is 2. The van der Waals surface area contributed by atoms with Crippen molar-refractivity contribution in [3.8, 4) is 0 Å². The summed E-state index contributed by atoms with van der Waals surface area (Å²) in [6.07, 6.45) is 4.54. The lowest BCUT2D eigenvalue weighted by Crippen LogP contribution is -2.15. The molecule has 0 aromatic carbocycles. The Morgan fingerprint density at radius 1 is 1.29 bits per heavy atom. The van der Waals surface area contributed by atoms with Gasteiger partial charge in [0.25, 0.3) is 0 Å². The maximum atomic E-state index is 12.5. The molecule has 0 saturated heterocycles. The van der Waals surface area contributed by atoms with Crippen molar-refractivity contribution in [3.05, 3.63) is 51.4 Å². The standard InChI is InChI=1S/C20H21NO6S/c1-3-26-20(25)17-12-6-4-5-7-16(12)28-18(17)21-13(19(23)24)10-14(22)15-9-8-11(2)27-15/h8-10,21H,3-7H2,1-2H3,(H,23,24). The van der Waals surface area contributed by atoms with Crippen LogP contribution in [0.25, 0.3) is 0 Å². The topological polar surface area (TPSA) is 106 Å². The number of fused-ring (bicyclic) bond motifs is 1. The second-order valence-electron chi connectivity index (χ2n) is 6.40. The third kappa shape index (κ3) is 4.17. The van der Waals surface area contributed by atoms with E-state index in [0.29, 0.717) is 16.3 Å². The SMILES string of the molecule is CCOC(=O)c1c(NC(=CC(=O)c2ccc(C)o2)C(=O)O)sc2c1CCCC2. The van der Waals surface area contributed by atoms with Crippen LogP contribution >= 0.6 is 11.3 Å². The molecule has 1 aliphatic rings. The van der Waals surface area contributed by atoms with Gasteiger partial charge in [-0.3, -0.25) is 4.79 Å². The number of hydrogen-bond donors (Lipinski definition) is 2. The van der Waals surface area contributed by atoms with Gasteiger partial charge in [0, 0.05) is 11.0 Å². The van der Waals surface area contributed by atoms with Gasteiger partial charge in [-0.25, -0.2) is 9.59 Å². The van der Waals surface area contributed by atoms with Crippen LogP contribution in [-0.4, -0.2) is 29.4 Å². The minimum absolute atomic E-state index is 0.0501. The molecule has 28 heavy (non-hydrogen) atoms. The number of ketones is 1. The van der Waals surface area contributed by atoms with Crippen molar-refractivity contribution in [1.29, 1.82) is 0 Å². The van der Waals surface area contributed by atoms with E-state index in [0.717, 1.165) is 42.2 Å². The fourth-order valence-electron chi connectivity index (χ4n) is 3.12. The molecule has 0 atom stereocenters. The summed E-state index contributed by atoms with van der Waals surface area (Å²) >= 11 is 1.34. The summed E-state index contributed by atoms with van der Waals surface area (Å²) in [7, 11) is 0. The molecule has 0 fully saturated rings. The van der Waals surface area contributed by atoms with Crippen LogP contribution in [0.1, 0.15) is 56.9 Å². The van der Waals surface area contributed by atoms with E-state index in [1.807, 2.05) is 0 Å². The number of furan rings is 1. The lowest BCUT2D eigenvalue weighted by atomic mass is 9.95. The number of aliphatic carboxylic acids is 1. The van der Waals surface area contributed by atoms with E-state index in [2.05, 4.69) is 5.32 Å². The van der Waals surface area contributed by atoms with Crippen molar-refractivity contribution < 1.29 is 28.6 Å². The van der Waals surface area contributed by atoms with E-state index in [1.54, 1.807) is 19.9 Å². The van der Waals surface area contributed by atoms with E-state index in [4.69, 9.17) is 9.15 Å². The van der Waals surface area contributed by atoms with Crippen LogP contribution in [0.2, 0.25) is 0 Å². The van der Waals surface area contributed by atoms with Gasteiger partial charge in [0.1, 0.15) is 16.5 Å². The predicted molar refractivity (Wildman–Crippen MR) is 104 cm³/mol. The van der Waals surface area contributed by atoms with Gasteiger partial charge in [0.05, 0.1) is 12.2 Å². The number of nitrogens with one attached hydrogen (secondary N) is 1. The van der Waals surface area contributed by atoms with E-state index in [9.17, 15) is 19.5 Å². The Morgan fingerprint density at radius 3 is 2.68 bits per heavy atom. The fourth-order valence-corrected chi connectivity index (χ4v) is 4.41. The molecule has 0 spiro atoms. The second-order valence-corrected chi connectivity index (χ2v) is 7.50. The Morgan fingerprint density at radius 2 is 2.04 bits per heavy atom. The van der Waals surface area contributed by atoms with Crippen molar-refractivity contribution in [3.63, 3.8) is 0 Å². The van der Waals surface area contributed by atoms with Crippen molar-refractivity contribution in [2.75, 3.05) is 11.9 Å². The highest BCUT2D eigenvalue weighted by Crippen LogP contribution is 2.39. The molecular weight excluding hydrogens is 382 g/mol. The summed E-state index contributed by atoms with van der Waals surface area (Å²) in [5.41, 5.74) is 0.952. The molecule has 2 aromatic rings. The Balaban J connectivity index is 1.96. The molecular formula is C20H21NO6S. The number of anilines is 1. The molecule has 7 nitrogen and oxygen atoms in total. The first-order valence-electron chi connectivity index (χ1n) is 9.05. The van der Waals surface area contributed by atoms with Gasteiger partial charge in [0.15, 0.2) is 5.76 Å². The van der Waals surface area contributed by atoms with Crippen LogP contribution < -0.4 is 5.32 Å². The van der Waals surface area contributed by atoms with Gasteiger partial charge in [-0.1, -0.05) is 0 Å². The van der Waals surface area contributed by atoms with Gasteiger partial charge in [0.2, 0.25) is 5.78 Å². The molecule has 0 radical (unpaired) electrons. The Hall–Kier alpha value is -2.87. The van der Waals surface area contributed by atoms with Crippen LogP contribution in [0.15, 0.2) is 28.3 Å². The lowest BCUT2D eigenvalue weighted by molar-refractivity contribution is -0.132. The number of hydrogen-bond acceptors (Lipinski definition) is 7. The lowest BCUT2D eigenvalue weighted by Gasteiger charge is -2.12. The highest BCUT2D eigenvalue weighted by molar-refractivity contribution is 7.16. The van der Waals surface area contributed by atoms with Gasteiger partial charge in [-0.2, -0.15) is 0 Å².